The molecule has 2 N–H and O–H groups in total. The molecule has 4 rings (SSSR count). The van der Waals surface area contributed by atoms with Gasteiger partial charge in [-0.3, -0.25) is 9.59 Å². The van der Waals surface area contributed by atoms with Crippen LogP contribution in [0, 0.1) is 0 Å². The van der Waals surface area contributed by atoms with Gasteiger partial charge in [-0.25, -0.2) is 0 Å². The van der Waals surface area contributed by atoms with Crippen molar-refractivity contribution in [1.29, 1.82) is 0 Å². The van der Waals surface area contributed by atoms with E-state index >= 15 is 0 Å². The Morgan fingerprint density at radius 1 is 0.882 bits per heavy atom. The first-order chi connectivity index (χ1) is 16.4. The molecule has 2 unspecified atom stereocenters. The van der Waals surface area contributed by atoms with E-state index in [1.807, 2.05) is 57.4 Å². The van der Waals surface area contributed by atoms with Crippen molar-refractivity contribution in [2.45, 2.75) is 25.4 Å². The number of para-hydroxylation sites is 1. The van der Waals surface area contributed by atoms with Crippen LogP contribution in [-0.4, -0.2) is 39.0 Å². The van der Waals surface area contributed by atoms with E-state index in [0.717, 1.165) is 29.8 Å². The summed E-state index contributed by atoms with van der Waals surface area (Å²) < 4.78 is 0. The Morgan fingerprint density at radius 3 is 2.26 bits per heavy atom. The van der Waals surface area contributed by atoms with Crippen molar-refractivity contribution in [1.82, 2.24) is 10.6 Å². The average molecular weight is 457 g/mol. The summed E-state index contributed by atoms with van der Waals surface area (Å²) in [6.45, 7) is 3.07. The number of rotatable bonds is 7. The van der Waals surface area contributed by atoms with E-state index in [1.165, 1.54) is 11.3 Å². The normalized spacial score (nSPS) is 14.1. The lowest BCUT2D eigenvalue weighted by molar-refractivity contribution is -0.139. The number of nitrogens with zero attached hydrogens (tertiary/aromatic N) is 2. The Labute approximate surface area is 201 Å². The lowest BCUT2D eigenvalue weighted by Crippen LogP contribution is -2.44. The Kier molecular flexibility index (Phi) is 7.16. The van der Waals surface area contributed by atoms with Gasteiger partial charge in [-0.05, 0) is 48.2 Å². The Hall–Kier alpha value is -3.80. The Balaban J connectivity index is 1.48. The predicted octanol–water partition coefficient (Wildman–Crippen LogP) is 3.85. The summed E-state index contributed by atoms with van der Waals surface area (Å²) >= 11 is 0. The average Bonchev–Trinajstić information content (AvgIpc) is 3.29. The van der Waals surface area contributed by atoms with Gasteiger partial charge in [0.2, 0.25) is 0 Å². The van der Waals surface area contributed by atoms with Crippen LogP contribution in [0.5, 0.6) is 0 Å². The van der Waals surface area contributed by atoms with E-state index < -0.39 is 11.8 Å². The lowest BCUT2D eigenvalue weighted by atomic mass is 10.0. The third-order valence-corrected chi connectivity index (χ3v) is 6.40. The fraction of sp³-hybridized carbons (Fsp3) is 0.286. The molecule has 0 bridgehead atoms. The van der Waals surface area contributed by atoms with Crippen molar-refractivity contribution in [3.8, 4) is 0 Å². The van der Waals surface area contributed by atoms with Crippen LogP contribution in [0.1, 0.15) is 35.7 Å². The first-order valence-corrected chi connectivity index (χ1v) is 11.7. The Bertz CT molecular complexity index is 1130. The molecule has 0 saturated carbocycles. The molecule has 1 aliphatic rings. The molecule has 0 saturated heterocycles. The van der Waals surface area contributed by atoms with E-state index in [2.05, 4.69) is 62.9 Å². The number of nitrogens with one attached hydrogen (secondary N) is 2. The molecule has 1 heterocycles. The number of fused-ring (bicyclic) bond motifs is 1. The molecule has 0 radical (unpaired) electrons. The smallest absolute Gasteiger partial charge is 0.309 e. The molecule has 176 valence electrons. The van der Waals surface area contributed by atoms with Crippen molar-refractivity contribution in [3.05, 3.63) is 95.6 Å². The molecular formula is C28H32N4O2. The summed E-state index contributed by atoms with van der Waals surface area (Å²) in [5, 5.41) is 5.67. The number of carbonyl (C=O) groups is 2. The second kappa shape index (κ2) is 10.4. The zero-order valence-corrected chi connectivity index (χ0v) is 20.0. The minimum absolute atomic E-state index is 0.0804. The van der Waals surface area contributed by atoms with Crippen LogP contribution < -0.4 is 20.4 Å². The van der Waals surface area contributed by atoms with E-state index in [1.54, 1.807) is 0 Å². The van der Waals surface area contributed by atoms with Crippen LogP contribution in [0.25, 0.3) is 0 Å². The molecule has 0 fully saturated rings. The van der Waals surface area contributed by atoms with Gasteiger partial charge in [0.15, 0.2) is 0 Å². The number of carbonyl (C=O) groups excluding carboxylic acids is 2. The molecule has 3 aromatic carbocycles. The van der Waals surface area contributed by atoms with Crippen LogP contribution in [0.15, 0.2) is 78.9 Å². The van der Waals surface area contributed by atoms with Crippen LogP contribution in [-0.2, 0) is 16.0 Å². The molecule has 3 aromatic rings. The third kappa shape index (κ3) is 5.22. The van der Waals surface area contributed by atoms with E-state index in [9.17, 15) is 9.59 Å². The van der Waals surface area contributed by atoms with E-state index in [4.69, 9.17) is 0 Å². The molecule has 0 aliphatic carbocycles. The SMILES string of the molecule is CC(NC(=O)C(=O)NCC(c1ccc(N(C)C)cc1)N1CCc2ccccc21)c1ccccc1. The van der Waals surface area contributed by atoms with Gasteiger partial charge in [0.05, 0.1) is 12.1 Å². The first-order valence-electron chi connectivity index (χ1n) is 11.7. The van der Waals surface area contributed by atoms with Gasteiger partial charge < -0.3 is 20.4 Å². The third-order valence-electron chi connectivity index (χ3n) is 6.40. The molecule has 0 aromatic heterocycles. The standard InChI is InChI=1S/C28H32N4O2/c1-20(21-9-5-4-6-10-21)30-28(34)27(33)29-19-26(23-13-15-24(16-14-23)31(2)3)32-18-17-22-11-7-8-12-25(22)32/h4-16,20,26H,17-19H2,1-3H3,(H,29,33)(H,30,34). The summed E-state index contributed by atoms with van der Waals surface area (Å²) in [4.78, 5) is 29.7. The highest BCUT2D eigenvalue weighted by Gasteiger charge is 2.28. The van der Waals surface area contributed by atoms with Gasteiger partial charge in [-0.15, -0.1) is 0 Å². The van der Waals surface area contributed by atoms with Gasteiger partial charge in [0, 0.05) is 38.6 Å². The van der Waals surface area contributed by atoms with Crippen molar-refractivity contribution in [2.75, 3.05) is 37.0 Å². The fourth-order valence-electron chi connectivity index (χ4n) is 4.45. The number of amides is 2. The molecular weight excluding hydrogens is 424 g/mol. The highest BCUT2D eigenvalue weighted by molar-refractivity contribution is 6.35. The largest absolute Gasteiger partial charge is 0.378 e. The van der Waals surface area contributed by atoms with Crippen LogP contribution in [0.4, 0.5) is 11.4 Å². The molecule has 2 amide bonds. The van der Waals surface area contributed by atoms with E-state index in [-0.39, 0.29) is 12.1 Å². The van der Waals surface area contributed by atoms with Gasteiger partial charge in [-0.2, -0.15) is 0 Å². The van der Waals surface area contributed by atoms with Crippen LogP contribution >= 0.6 is 0 Å². The monoisotopic (exact) mass is 456 g/mol. The van der Waals surface area contributed by atoms with Crippen molar-refractivity contribution >= 4 is 23.2 Å². The van der Waals surface area contributed by atoms with Crippen molar-refractivity contribution < 1.29 is 9.59 Å². The molecule has 6 nitrogen and oxygen atoms in total. The maximum absolute atomic E-state index is 12.7. The van der Waals surface area contributed by atoms with Gasteiger partial charge >= 0.3 is 11.8 Å². The molecule has 0 spiro atoms. The molecule has 34 heavy (non-hydrogen) atoms. The van der Waals surface area contributed by atoms with Gasteiger partial charge in [0.25, 0.3) is 0 Å². The highest BCUT2D eigenvalue weighted by atomic mass is 16.2. The number of hydrogen-bond acceptors (Lipinski definition) is 4. The summed E-state index contributed by atoms with van der Waals surface area (Å²) in [5.41, 5.74) is 5.65. The zero-order valence-electron chi connectivity index (χ0n) is 20.0. The number of hydrogen-bond donors (Lipinski definition) is 2. The molecule has 1 aliphatic heterocycles. The van der Waals surface area contributed by atoms with Gasteiger partial charge in [0.1, 0.15) is 0 Å². The maximum Gasteiger partial charge on any atom is 0.309 e. The topological polar surface area (TPSA) is 64.7 Å². The summed E-state index contributed by atoms with van der Waals surface area (Å²) in [7, 11) is 4.02. The predicted molar refractivity (Wildman–Crippen MR) is 137 cm³/mol. The van der Waals surface area contributed by atoms with Gasteiger partial charge in [-0.1, -0.05) is 60.7 Å². The minimum atomic E-state index is -0.625. The summed E-state index contributed by atoms with van der Waals surface area (Å²) in [6.07, 6.45) is 0.964. The van der Waals surface area contributed by atoms with Crippen molar-refractivity contribution in [2.24, 2.45) is 0 Å². The zero-order chi connectivity index (χ0) is 24.1. The summed E-state index contributed by atoms with van der Waals surface area (Å²) in [5.74, 6) is -1.25. The Morgan fingerprint density at radius 2 is 1.56 bits per heavy atom. The highest BCUT2D eigenvalue weighted by Crippen LogP contribution is 2.35. The second-order valence-corrected chi connectivity index (χ2v) is 8.89. The number of benzene rings is 3. The van der Waals surface area contributed by atoms with Crippen molar-refractivity contribution in [3.63, 3.8) is 0 Å². The van der Waals surface area contributed by atoms with Crippen LogP contribution in [0.3, 0.4) is 0 Å². The quantitative estimate of drug-likeness (QED) is 0.530. The lowest BCUT2D eigenvalue weighted by Gasteiger charge is -2.31. The maximum atomic E-state index is 12.7. The van der Waals surface area contributed by atoms with E-state index in [0.29, 0.717) is 6.54 Å². The molecule has 2 atom stereocenters. The minimum Gasteiger partial charge on any atom is -0.378 e. The fourth-order valence-corrected chi connectivity index (χ4v) is 4.45. The summed E-state index contributed by atoms with van der Waals surface area (Å²) in [6, 6.07) is 26.0. The second-order valence-electron chi connectivity index (χ2n) is 8.89. The molecule has 6 heteroatoms. The van der Waals surface area contributed by atoms with Crippen LogP contribution in [0.2, 0.25) is 0 Å². The number of anilines is 2. The first kappa shape index (κ1) is 23.4.